The summed E-state index contributed by atoms with van der Waals surface area (Å²) >= 11 is 1.64. The van der Waals surface area contributed by atoms with Crippen molar-refractivity contribution in [3.8, 4) is 0 Å². The fourth-order valence-corrected chi connectivity index (χ4v) is 2.35. The van der Waals surface area contributed by atoms with E-state index in [1.54, 1.807) is 25.6 Å². The van der Waals surface area contributed by atoms with Crippen molar-refractivity contribution in [3.05, 3.63) is 29.8 Å². The largest absolute Gasteiger partial charge is 0.469 e. The van der Waals surface area contributed by atoms with Gasteiger partial charge in [-0.15, -0.1) is 0 Å². The van der Waals surface area contributed by atoms with Crippen LogP contribution in [-0.4, -0.2) is 30.3 Å². The molecule has 1 amide bonds. The first-order valence-electron chi connectivity index (χ1n) is 6.67. The van der Waals surface area contributed by atoms with Gasteiger partial charge < -0.3 is 15.8 Å². The van der Waals surface area contributed by atoms with Crippen LogP contribution in [0.1, 0.15) is 25.8 Å². The van der Waals surface area contributed by atoms with E-state index in [9.17, 15) is 9.59 Å². The maximum atomic E-state index is 11.8. The van der Waals surface area contributed by atoms with Gasteiger partial charge in [-0.3, -0.25) is 9.59 Å². The third kappa shape index (κ3) is 6.64. The first-order valence-corrected chi connectivity index (χ1v) is 7.82. The van der Waals surface area contributed by atoms with Gasteiger partial charge >= 0.3 is 5.97 Å². The van der Waals surface area contributed by atoms with Crippen molar-refractivity contribution in [2.75, 3.05) is 18.2 Å². The van der Waals surface area contributed by atoms with Crippen LogP contribution in [0.25, 0.3) is 0 Å². The molecule has 116 valence electrons. The number of hydrogen-bond donors (Lipinski definition) is 2. The minimum Gasteiger partial charge on any atom is -0.469 e. The third-order valence-electron chi connectivity index (χ3n) is 2.72. The van der Waals surface area contributed by atoms with Crippen molar-refractivity contribution in [2.45, 2.75) is 31.6 Å². The Hall–Kier alpha value is -1.53. The molecule has 1 aromatic rings. The number of benzene rings is 1. The number of hydrogen-bond acceptors (Lipinski definition) is 5. The molecule has 0 aliphatic carbocycles. The molecule has 0 fully saturated rings. The molecule has 0 aliphatic rings. The first kappa shape index (κ1) is 17.5. The average Bonchev–Trinajstić information content (AvgIpc) is 2.42. The predicted octanol–water partition coefficient (Wildman–Crippen LogP) is 2.16. The van der Waals surface area contributed by atoms with Gasteiger partial charge in [0.1, 0.15) is 0 Å². The van der Waals surface area contributed by atoms with E-state index in [0.29, 0.717) is 12.2 Å². The molecule has 21 heavy (non-hydrogen) atoms. The standard InChI is InChI=1S/C15H22N2O3S/c1-15(2,16)14(19)17-12-6-4-5-11(9-12)10-21-8-7-13(18)20-3/h4-6,9H,7-8,10,16H2,1-3H3,(H,17,19). The number of amides is 1. The molecule has 0 spiro atoms. The van der Waals surface area contributed by atoms with Gasteiger partial charge in [0.25, 0.3) is 0 Å². The van der Waals surface area contributed by atoms with Crippen LogP contribution in [0.5, 0.6) is 0 Å². The van der Waals surface area contributed by atoms with Crippen LogP contribution in [0.15, 0.2) is 24.3 Å². The number of nitrogens with one attached hydrogen (secondary N) is 1. The Morgan fingerprint density at radius 2 is 2.10 bits per heavy atom. The number of carbonyl (C=O) groups is 2. The number of rotatable bonds is 7. The Morgan fingerprint density at radius 3 is 2.71 bits per heavy atom. The summed E-state index contributed by atoms with van der Waals surface area (Å²) in [5.74, 6) is 1.05. The van der Waals surface area contributed by atoms with E-state index in [4.69, 9.17) is 5.73 Å². The van der Waals surface area contributed by atoms with Crippen LogP contribution < -0.4 is 11.1 Å². The summed E-state index contributed by atoms with van der Waals surface area (Å²) in [6, 6.07) is 7.60. The summed E-state index contributed by atoms with van der Waals surface area (Å²) in [7, 11) is 1.39. The maximum absolute atomic E-state index is 11.8. The normalized spacial score (nSPS) is 11.0. The van der Waals surface area contributed by atoms with Crippen LogP contribution in [0.4, 0.5) is 5.69 Å². The summed E-state index contributed by atoms with van der Waals surface area (Å²) in [5.41, 5.74) is 6.64. The quantitative estimate of drug-likeness (QED) is 0.596. The predicted molar refractivity (Wildman–Crippen MR) is 86.1 cm³/mol. The highest BCUT2D eigenvalue weighted by Gasteiger charge is 2.21. The summed E-state index contributed by atoms with van der Waals surface area (Å²) in [6.45, 7) is 3.32. The zero-order valence-electron chi connectivity index (χ0n) is 12.6. The van der Waals surface area contributed by atoms with Gasteiger partial charge in [-0.05, 0) is 31.5 Å². The number of anilines is 1. The molecule has 0 saturated heterocycles. The summed E-state index contributed by atoms with van der Waals surface area (Å²) < 4.78 is 4.59. The van der Waals surface area contributed by atoms with Crippen molar-refractivity contribution < 1.29 is 14.3 Å². The Morgan fingerprint density at radius 1 is 1.38 bits per heavy atom. The molecule has 6 heteroatoms. The SMILES string of the molecule is COC(=O)CCSCc1cccc(NC(=O)C(C)(C)N)c1. The summed E-state index contributed by atoms with van der Waals surface area (Å²) in [4.78, 5) is 22.8. The first-order chi connectivity index (χ1) is 9.82. The molecule has 5 nitrogen and oxygen atoms in total. The number of thioether (sulfide) groups is 1. The second kappa shape index (κ2) is 8.05. The topological polar surface area (TPSA) is 81.4 Å². The monoisotopic (exact) mass is 310 g/mol. The molecule has 0 atom stereocenters. The fourth-order valence-electron chi connectivity index (χ4n) is 1.48. The van der Waals surface area contributed by atoms with E-state index in [1.165, 1.54) is 7.11 Å². The van der Waals surface area contributed by atoms with Gasteiger partial charge in [0.15, 0.2) is 0 Å². The Bertz CT molecular complexity index is 498. The number of carbonyl (C=O) groups excluding carboxylic acids is 2. The van der Waals surface area contributed by atoms with Gasteiger partial charge in [0.05, 0.1) is 19.1 Å². The number of methoxy groups -OCH3 is 1. The van der Waals surface area contributed by atoms with Crippen molar-refractivity contribution in [2.24, 2.45) is 5.73 Å². The van der Waals surface area contributed by atoms with Crippen molar-refractivity contribution >= 4 is 29.3 Å². The minimum absolute atomic E-state index is 0.200. The van der Waals surface area contributed by atoms with Gasteiger partial charge in [-0.2, -0.15) is 11.8 Å². The van der Waals surface area contributed by atoms with Crippen LogP contribution in [0, 0.1) is 0 Å². The highest BCUT2D eigenvalue weighted by molar-refractivity contribution is 7.98. The average molecular weight is 310 g/mol. The van der Waals surface area contributed by atoms with Crippen molar-refractivity contribution in [1.29, 1.82) is 0 Å². The third-order valence-corrected chi connectivity index (χ3v) is 3.75. The molecular weight excluding hydrogens is 288 g/mol. The molecule has 3 N–H and O–H groups in total. The number of ether oxygens (including phenoxy) is 1. The van der Waals surface area contributed by atoms with Crippen LogP contribution in [0.3, 0.4) is 0 Å². The summed E-state index contributed by atoms with van der Waals surface area (Å²) in [5, 5.41) is 2.79. The molecule has 0 unspecified atom stereocenters. The molecule has 0 radical (unpaired) electrons. The zero-order valence-corrected chi connectivity index (χ0v) is 13.5. The Labute approximate surface area is 129 Å². The molecule has 0 aliphatic heterocycles. The Balaban J connectivity index is 2.49. The second-order valence-corrected chi connectivity index (χ2v) is 6.36. The van der Waals surface area contributed by atoms with Gasteiger partial charge in [0, 0.05) is 17.2 Å². The van der Waals surface area contributed by atoms with Gasteiger partial charge in [-0.1, -0.05) is 12.1 Å². The lowest BCUT2D eigenvalue weighted by Gasteiger charge is -2.18. The molecular formula is C15H22N2O3S. The van der Waals surface area contributed by atoms with Crippen molar-refractivity contribution in [1.82, 2.24) is 0 Å². The number of esters is 1. The molecule has 0 bridgehead atoms. The Kier molecular flexibility index (Phi) is 6.71. The highest BCUT2D eigenvalue weighted by atomic mass is 32.2. The number of nitrogens with two attached hydrogens (primary N) is 1. The van der Waals surface area contributed by atoms with E-state index in [2.05, 4.69) is 10.1 Å². The molecule has 1 aromatic carbocycles. The summed E-state index contributed by atoms with van der Waals surface area (Å²) in [6.07, 6.45) is 0.402. The molecule has 0 aromatic heterocycles. The fraction of sp³-hybridized carbons (Fsp3) is 0.467. The van der Waals surface area contributed by atoms with Gasteiger partial charge in [0.2, 0.25) is 5.91 Å². The smallest absolute Gasteiger partial charge is 0.306 e. The highest BCUT2D eigenvalue weighted by Crippen LogP contribution is 2.18. The lowest BCUT2D eigenvalue weighted by molar-refractivity contribution is -0.140. The molecule has 0 saturated carbocycles. The molecule has 1 rings (SSSR count). The van der Waals surface area contributed by atoms with Crippen molar-refractivity contribution in [3.63, 3.8) is 0 Å². The van der Waals surface area contributed by atoms with Crippen LogP contribution in [0.2, 0.25) is 0 Å². The second-order valence-electron chi connectivity index (χ2n) is 5.25. The van der Waals surface area contributed by atoms with Gasteiger partial charge in [-0.25, -0.2) is 0 Å². The van der Waals surface area contributed by atoms with E-state index < -0.39 is 5.54 Å². The lowest BCUT2D eigenvalue weighted by atomic mass is 10.1. The minimum atomic E-state index is -0.911. The maximum Gasteiger partial charge on any atom is 0.306 e. The zero-order chi connectivity index (χ0) is 15.9. The van der Waals surface area contributed by atoms with Crippen LogP contribution in [-0.2, 0) is 20.1 Å². The van der Waals surface area contributed by atoms with E-state index in [-0.39, 0.29) is 11.9 Å². The lowest BCUT2D eigenvalue weighted by Crippen LogP contribution is -2.45. The van der Waals surface area contributed by atoms with E-state index >= 15 is 0 Å². The van der Waals surface area contributed by atoms with E-state index in [0.717, 1.165) is 17.0 Å². The molecule has 0 heterocycles. The van der Waals surface area contributed by atoms with Crippen LogP contribution >= 0.6 is 11.8 Å². The van der Waals surface area contributed by atoms with E-state index in [1.807, 2.05) is 24.3 Å².